The SMILES string of the molecule is Cc1c(CNC(C)C)[nH]c2ccc(C(C)C)cc12. The third-order valence-electron chi connectivity index (χ3n) is 3.54. The second kappa shape index (κ2) is 5.15. The fourth-order valence-electron chi connectivity index (χ4n) is 2.24. The largest absolute Gasteiger partial charge is 0.357 e. The van der Waals surface area contributed by atoms with Crippen LogP contribution in [0.1, 0.15) is 50.4 Å². The molecule has 0 aliphatic rings. The van der Waals surface area contributed by atoms with Gasteiger partial charge in [-0.3, -0.25) is 0 Å². The van der Waals surface area contributed by atoms with Gasteiger partial charge in [-0.05, 0) is 36.1 Å². The van der Waals surface area contributed by atoms with Crippen LogP contribution in [0.5, 0.6) is 0 Å². The first kappa shape index (κ1) is 13.2. The molecule has 0 aliphatic carbocycles. The lowest BCUT2D eigenvalue weighted by Crippen LogP contribution is -2.22. The summed E-state index contributed by atoms with van der Waals surface area (Å²) in [5.74, 6) is 0.584. The zero-order valence-electron chi connectivity index (χ0n) is 12.1. The van der Waals surface area contributed by atoms with Crippen LogP contribution in [0.4, 0.5) is 0 Å². The molecule has 2 aromatic rings. The summed E-state index contributed by atoms with van der Waals surface area (Å²) in [5, 5.41) is 4.83. The highest BCUT2D eigenvalue weighted by molar-refractivity contribution is 5.85. The number of rotatable bonds is 4. The minimum atomic E-state index is 0.516. The van der Waals surface area contributed by atoms with Crippen molar-refractivity contribution in [3.63, 3.8) is 0 Å². The monoisotopic (exact) mass is 244 g/mol. The third kappa shape index (κ3) is 2.59. The molecular weight excluding hydrogens is 220 g/mol. The van der Waals surface area contributed by atoms with Crippen LogP contribution in [0.3, 0.4) is 0 Å². The molecule has 0 saturated heterocycles. The Morgan fingerprint density at radius 2 is 1.89 bits per heavy atom. The predicted octanol–water partition coefficient (Wildman–Crippen LogP) is 4.10. The first-order valence-electron chi connectivity index (χ1n) is 6.83. The van der Waals surface area contributed by atoms with Crippen molar-refractivity contribution in [1.82, 2.24) is 10.3 Å². The van der Waals surface area contributed by atoms with Crippen molar-refractivity contribution in [3.05, 3.63) is 35.0 Å². The maximum Gasteiger partial charge on any atom is 0.0459 e. The zero-order valence-corrected chi connectivity index (χ0v) is 12.1. The molecule has 2 heteroatoms. The molecule has 18 heavy (non-hydrogen) atoms. The fourth-order valence-corrected chi connectivity index (χ4v) is 2.24. The van der Waals surface area contributed by atoms with Gasteiger partial charge in [0.15, 0.2) is 0 Å². The average molecular weight is 244 g/mol. The Balaban J connectivity index is 2.37. The smallest absolute Gasteiger partial charge is 0.0459 e. The van der Waals surface area contributed by atoms with Crippen LogP contribution in [-0.4, -0.2) is 11.0 Å². The number of hydrogen-bond donors (Lipinski definition) is 2. The van der Waals surface area contributed by atoms with E-state index < -0.39 is 0 Å². The Morgan fingerprint density at radius 3 is 2.50 bits per heavy atom. The Hall–Kier alpha value is -1.28. The fraction of sp³-hybridized carbons (Fsp3) is 0.500. The van der Waals surface area contributed by atoms with Crippen molar-refractivity contribution in [1.29, 1.82) is 0 Å². The molecule has 2 rings (SSSR count). The topological polar surface area (TPSA) is 27.8 Å². The van der Waals surface area contributed by atoms with E-state index in [1.807, 2.05) is 0 Å². The molecule has 0 bridgehead atoms. The van der Waals surface area contributed by atoms with Gasteiger partial charge in [0, 0.05) is 29.2 Å². The van der Waals surface area contributed by atoms with Gasteiger partial charge in [-0.15, -0.1) is 0 Å². The zero-order chi connectivity index (χ0) is 13.3. The van der Waals surface area contributed by atoms with E-state index in [9.17, 15) is 0 Å². The highest BCUT2D eigenvalue weighted by Crippen LogP contribution is 2.26. The number of H-pyrrole nitrogens is 1. The summed E-state index contributed by atoms with van der Waals surface area (Å²) in [7, 11) is 0. The quantitative estimate of drug-likeness (QED) is 0.832. The number of aromatic amines is 1. The van der Waals surface area contributed by atoms with Crippen molar-refractivity contribution < 1.29 is 0 Å². The number of aryl methyl sites for hydroxylation is 1. The van der Waals surface area contributed by atoms with Crippen molar-refractivity contribution in [2.45, 2.75) is 53.1 Å². The summed E-state index contributed by atoms with van der Waals surface area (Å²) in [6.07, 6.45) is 0. The molecular formula is C16H24N2. The second-order valence-electron chi connectivity index (χ2n) is 5.72. The van der Waals surface area contributed by atoms with Crippen LogP contribution in [0, 0.1) is 6.92 Å². The van der Waals surface area contributed by atoms with E-state index in [0.717, 1.165) is 6.54 Å². The van der Waals surface area contributed by atoms with E-state index in [2.05, 4.69) is 63.1 Å². The van der Waals surface area contributed by atoms with Crippen LogP contribution < -0.4 is 5.32 Å². The van der Waals surface area contributed by atoms with Crippen molar-refractivity contribution in [2.24, 2.45) is 0 Å². The number of aromatic nitrogens is 1. The van der Waals surface area contributed by atoms with Crippen LogP contribution in [0.2, 0.25) is 0 Å². The number of benzene rings is 1. The Kier molecular flexibility index (Phi) is 3.76. The molecule has 1 aromatic heterocycles. The Morgan fingerprint density at radius 1 is 1.17 bits per heavy atom. The standard InChI is InChI=1S/C16H24N2/c1-10(2)13-6-7-15-14(8-13)12(5)16(18-15)9-17-11(3)4/h6-8,10-11,17-18H,9H2,1-5H3. The molecule has 0 aliphatic heterocycles. The lowest BCUT2D eigenvalue weighted by molar-refractivity contribution is 0.582. The molecule has 0 radical (unpaired) electrons. The predicted molar refractivity (Wildman–Crippen MR) is 79.1 cm³/mol. The van der Waals surface area contributed by atoms with Gasteiger partial charge in [-0.2, -0.15) is 0 Å². The van der Waals surface area contributed by atoms with E-state index in [1.54, 1.807) is 0 Å². The minimum Gasteiger partial charge on any atom is -0.357 e. The van der Waals surface area contributed by atoms with E-state index in [-0.39, 0.29) is 0 Å². The first-order chi connectivity index (χ1) is 8.49. The second-order valence-corrected chi connectivity index (χ2v) is 5.72. The normalized spacial score (nSPS) is 11.9. The van der Waals surface area contributed by atoms with Gasteiger partial charge < -0.3 is 10.3 Å². The highest BCUT2D eigenvalue weighted by Gasteiger charge is 2.09. The molecule has 1 heterocycles. The van der Waals surface area contributed by atoms with Gasteiger partial charge >= 0.3 is 0 Å². The maximum atomic E-state index is 3.52. The van der Waals surface area contributed by atoms with Crippen molar-refractivity contribution >= 4 is 10.9 Å². The molecule has 98 valence electrons. The summed E-state index contributed by atoms with van der Waals surface area (Å²) in [4.78, 5) is 3.52. The summed E-state index contributed by atoms with van der Waals surface area (Å²) in [5.41, 5.74) is 5.34. The van der Waals surface area contributed by atoms with E-state index >= 15 is 0 Å². The van der Waals surface area contributed by atoms with Crippen molar-refractivity contribution in [3.8, 4) is 0 Å². The Bertz CT molecular complexity index is 535. The summed E-state index contributed by atoms with van der Waals surface area (Å²) < 4.78 is 0. The van der Waals surface area contributed by atoms with Gasteiger partial charge in [-0.1, -0.05) is 33.8 Å². The van der Waals surface area contributed by atoms with Crippen molar-refractivity contribution in [2.75, 3.05) is 0 Å². The first-order valence-corrected chi connectivity index (χ1v) is 6.83. The lowest BCUT2D eigenvalue weighted by Gasteiger charge is -2.07. The third-order valence-corrected chi connectivity index (χ3v) is 3.54. The number of nitrogens with one attached hydrogen (secondary N) is 2. The van der Waals surface area contributed by atoms with Gasteiger partial charge in [-0.25, -0.2) is 0 Å². The highest BCUT2D eigenvalue weighted by atomic mass is 14.9. The van der Waals surface area contributed by atoms with Crippen LogP contribution >= 0.6 is 0 Å². The van der Waals surface area contributed by atoms with E-state index in [4.69, 9.17) is 0 Å². The molecule has 2 nitrogen and oxygen atoms in total. The molecule has 0 amide bonds. The molecule has 2 N–H and O–H groups in total. The molecule has 0 saturated carbocycles. The lowest BCUT2D eigenvalue weighted by atomic mass is 10.0. The molecule has 0 fully saturated rings. The van der Waals surface area contributed by atoms with Crippen LogP contribution in [-0.2, 0) is 6.54 Å². The number of fused-ring (bicyclic) bond motifs is 1. The summed E-state index contributed by atoms with van der Waals surface area (Å²) in [6.45, 7) is 12.0. The number of hydrogen-bond acceptors (Lipinski definition) is 1. The van der Waals surface area contributed by atoms with Gasteiger partial charge in [0.2, 0.25) is 0 Å². The summed E-state index contributed by atoms with van der Waals surface area (Å²) in [6, 6.07) is 7.27. The molecule has 0 spiro atoms. The van der Waals surface area contributed by atoms with Gasteiger partial charge in [0.1, 0.15) is 0 Å². The maximum absolute atomic E-state index is 3.52. The van der Waals surface area contributed by atoms with Crippen LogP contribution in [0.25, 0.3) is 10.9 Å². The van der Waals surface area contributed by atoms with E-state index in [0.29, 0.717) is 12.0 Å². The summed E-state index contributed by atoms with van der Waals surface area (Å²) >= 11 is 0. The average Bonchev–Trinajstić information content (AvgIpc) is 2.63. The minimum absolute atomic E-state index is 0.516. The van der Waals surface area contributed by atoms with Gasteiger partial charge in [0.25, 0.3) is 0 Å². The van der Waals surface area contributed by atoms with E-state index in [1.165, 1.54) is 27.7 Å². The van der Waals surface area contributed by atoms with Crippen LogP contribution in [0.15, 0.2) is 18.2 Å². The molecule has 0 atom stereocenters. The molecule has 0 unspecified atom stereocenters. The molecule has 1 aromatic carbocycles. The van der Waals surface area contributed by atoms with Gasteiger partial charge in [0.05, 0.1) is 0 Å². The Labute approximate surface area is 110 Å².